The second-order valence-electron chi connectivity index (χ2n) is 8.14. The zero-order valence-electron chi connectivity index (χ0n) is 18.6. The highest BCUT2D eigenvalue weighted by Crippen LogP contribution is 2.23. The molecule has 0 saturated carbocycles. The summed E-state index contributed by atoms with van der Waals surface area (Å²) in [5, 5.41) is 11.7. The van der Waals surface area contributed by atoms with Gasteiger partial charge in [0, 0.05) is 17.3 Å². The number of nitrogens with one attached hydrogen (secondary N) is 2. The monoisotopic (exact) mass is 469 g/mol. The minimum Gasteiger partial charge on any atom is -0.350 e. The molecule has 0 saturated heterocycles. The lowest BCUT2D eigenvalue weighted by Gasteiger charge is -2.14. The van der Waals surface area contributed by atoms with Crippen LogP contribution in [0.2, 0.25) is 0 Å². The lowest BCUT2D eigenvalue weighted by Crippen LogP contribution is -2.32. The van der Waals surface area contributed by atoms with Gasteiger partial charge in [0.05, 0.1) is 10.9 Å². The number of hydrogen-bond donors (Lipinski definition) is 2. The van der Waals surface area contributed by atoms with E-state index in [0.29, 0.717) is 26.6 Å². The minimum absolute atomic E-state index is 0.0644. The molecule has 3 aromatic carbocycles. The largest absolute Gasteiger partial charge is 0.350 e. The van der Waals surface area contributed by atoms with Crippen molar-refractivity contribution in [2.45, 2.75) is 25.8 Å². The maximum atomic E-state index is 12.7. The Balaban J connectivity index is 1.24. The first-order valence-electron chi connectivity index (χ1n) is 11.1. The maximum Gasteiger partial charge on any atom is 0.283 e. The van der Waals surface area contributed by atoms with Crippen molar-refractivity contribution in [1.82, 2.24) is 19.9 Å². The third-order valence-electron chi connectivity index (χ3n) is 5.59. The number of anilines is 2. The maximum absolute atomic E-state index is 12.7. The molecule has 0 spiro atoms. The van der Waals surface area contributed by atoms with Crippen LogP contribution in [0.1, 0.15) is 29.3 Å². The van der Waals surface area contributed by atoms with Crippen LogP contribution in [-0.4, -0.2) is 26.5 Å². The van der Waals surface area contributed by atoms with Crippen molar-refractivity contribution in [3.05, 3.63) is 100 Å². The molecule has 5 aromatic rings. The Morgan fingerprint density at radius 3 is 2.53 bits per heavy atom. The highest BCUT2D eigenvalue weighted by Gasteiger charge is 2.12. The molecule has 34 heavy (non-hydrogen) atoms. The molecule has 1 atom stereocenters. The molecule has 0 bridgehead atoms. The van der Waals surface area contributed by atoms with E-state index in [2.05, 4.69) is 32.8 Å². The van der Waals surface area contributed by atoms with Gasteiger partial charge in [-0.3, -0.25) is 9.59 Å². The van der Waals surface area contributed by atoms with E-state index in [1.54, 1.807) is 18.2 Å². The van der Waals surface area contributed by atoms with Crippen LogP contribution in [0.25, 0.3) is 15.9 Å². The molecular formula is C26H23N5O2S. The van der Waals surface area contributed by atoms with Crippen molar-refractivity contribution < 1.29 is 4.79 Å². The Hall–Kier alpha value is -4.04. The summed E-state index contributed by atoms with van der Waals surface area (Å²) in [6.07, 6.45) is 1.79. The van der Waals surface area contributed by atoms with E-state index in [9.17, 15) is 9.59 Å². The molecule has 0 radical (unpaired) electrons. The first-order chi connectivity index (χ1) is 16.6. The molecule has 2 aromatic heterocycles. The molecule has 0 aliphatic rings. The van der Waals surface area contributed by atoms with Gasteiger partial charge < -0.3 is 10.6 Å². The van der Waals surface area contributed by atoms with E-state index in [-0.39, 0.29) is 17.5 Å². The Morgan fingerprint density at radius 1 is 1.00 bits per heavy atom. The van der Waals surface area contributed by atoms with Gasteiger partial charge in [-0.05, 0) is 61.7 Å². The Morgan fingerprint density at radius 2 is 1.74 bits per heavy atom. The van der Waals surface area contributed by atoms with Gasteiger partial charge in [0.1, 0.15) is 0 Å². The SMILES string of the molecule is C[C@@H](CCc1ccccc1)NC(=O)c1ccc(Nc2nn3c(=O)c4ccccc4nc3s2)cc1. The quantitative estimate of drug-likeness (QED) is 0.358. The highest BCUT2D eigenvalue weighted by atomic mass is 32.1. The standard InChI is InChI=1S/C26H23N5O2S/c1-17(11-12-18-7-3-2-4-8-18)27-23(32)19-13-15-20(16-14-19)28-25-30-31-24(33)21-9-5-6-10-22(21)29-26(31)34-25/h2-10,13-17H,11-12H2,1H3,(H,27,32)(H,28,30)/t17-/m0/s1. The van der Waals surface area contributed by atoms with E-state index >= 15 is 0 Å². The molecule has 8 heteroatoms. The van der Waals surface area contributed by atoms with Crippen LogP contribution in [-0.2, 0) is 6.42 Å². The van der Waals surface area contributed by atoms with E-state index in [1.165, 1.54) is 21.4 Å². The van der Waals surface area contributed by atoms with Crippen molar-refractivity contribution in [2.75, 3.05) is 5.32 Å². The van der Waals surface area contributed by atoms with Crippen molar-refractivity contribution >= 4 is 43.9 Å². The number of carbonyl (C=O) groups excluding carboxylic acids is 1. The van der Waals surface area contributed by atoms with Crippen LogP contribution in [0.4, 0.5) is 10.8 Å². The average Bonchev–Trinajstić information content (AvgIpc) is 3.26. The normalized spacial score (nSPS) is 12.0. The van der Waals surface area contributed by atoms with Gasteiger partial charge in [-0.15, -0.1) is 5.10 Å². The fraction of sp³-hybridized carbons (Fsp3) is 0.154. The first-order valence-corrected chi connectivity index (χ1v) is 11.9. The third-order valence-corrected chi connectivity index (χ3v) is 6.41. The van der Waals surface area contributed by atoms with Crippen LogP contribution < -0.4 is 16.2 Å². The predicted octanol–water partition coefficient (Wildman–Crippen LogP) is 4.80. The van der Waals surface area contributed by atoms with E-state index < -0.39 is 0 Å². The lowest BCUT2D eigenvalue weighted by atomic mass is 10.1. The Kier molecular flexibility index (Phi) is 6.05. The summed E-state index contributed by atoms with van der Waals surface area (Å²) in [5.41, 5.74) is 3.07. The molecule has 170 valence electrons. The summed E-state index contributed by atoms with van der Waals surface area (Å²) >= 11 is 1.29. The Labute approximate surface area is 200 Å². The average molecular weight is 470 g/mol. The fourth-order valence-corrected chi connectivity index (χ4v) is 4.56. The number of aryl methyl sites for hydroxylation is 1. The highest BCUT2D eigenvalue weighted by molar-refractivity contribution is 7.20. The number of aromatic nitrogens is 3. The number of benzene rings is 3. The molecular weight excluding hydrogens is 446 g/mol. The number of amides is 1. The van der Waals surface area contributed by atoms with Crippen LogP contribution in [0.5, 0.6) is 0 Å². The van der Waals surface area contributed by atoms with Crippen LogP contribution in [0.15, 0.2) is 83.7 Å². The fourth-order valence-electron chi connectivity index (χ4n) is 3.74. The number of fused-ring (bicyclic) bond motifs is 2. The summed E-state index contributed by atoms with van der Waals surface area (Å²) in [5.74, 6) is -0.102. The Bertz CT molecular complexity index is 1510. The molecule has 0 fully saturated rings. The summed E-state index contributed by atoms with van der Waals surface area (Å²) in [4.78, 5) is 30.3. The van der Waals surface area contributed by atoms with Gasteiger partial charge in [0.25, 0.3) is 11.5 Å². The van der Waals surface area contributed by atoms with Gasteiger partial charge >= 0.3 is 0 Å². The lowest BCUT2D eigenvalue weighted by molar-refractivity contribution is 0.0938. The summed E-state index contributed by atoms with van der Waals surface area (Å²) in [6, 6.07) is 24.7. The third kappa shape index (κ3) is 4.67. The van der Waals surface area contributed by atoms with Gasteiger partial charge in [-0.2, -0.15) is 4.52 Å². The zero-order valence-corrected chi connectivity index (χ0v) is 19.4. The van der Waals surface area contributed by atoms with Gasteiger partial charge in [-0.25, -0.2) is 4.98 Å². The molecule has 0 unspecified atom stereocenters. The second-order valence-corrected chi connectivity index (χ2v) is 9.09. The van der Waals surface area contributed by atoms with Gasteiger partial charge in [-0.1, -0.05) is 53.8 Å². The number of rotatable bonds is 7. The summed E-state index contributed by atoms with van der Waals surface area (Å²) in [6.45, 7) is 2.02. The molecule has 1 amide bonds. The number of nitrogens with zero attached hydrogens (tertiary/aromatic N) is 3. The van der Waals surface area contributed by atoms with Crippen molar-refractivity contribution in [2.24, 2.45) is 0 Å². The van der Waals surface area contributed by atoms with Crippen molar-refractivity contribution in [3.8, 4) is 0 Å². The summed E-state index contributed by atoms with van der Waals surface area (Å²) in [7, 11) is 0. The number of hydrogen-bond acceptors (Lipinski definition) is 6. The van der Waals surface area contributed by atoms with E-state index in [4.69, 9.17) is 0 Å². The summed E-state index contributed by atoms with van der Waals surface area (Å²) < 4.78 is 1.31. The molecule has 0 aliphatic carbocycles. The van der Waals surface area contributed by atoms with Gasteiger partial charge in [0.15, 0.2) is 0 Å². The van der Waals surface area contributed by atoms with Crippen molar-refractivity contribution in [3.63, 3.8) is 0 Å². The van der Waals surface area contributed by atoms with Crippen molar-refractivity contribution in [1.29, 1.82) is 0 Å². The van der Waals surface area contributed by atoms with Crippen LogP contribution in [0.3, 0.4) is 0 Å². The predicted molar refractivity (Wildman–Crippen MR) is 136 cm³/mol. The smallest absolute Gasteiger partial charge is 0.283 e. The number of carbonyl (C=O) groups is 1. The first kappa shape index (κ1) is 21.8. The van der Waals surface area contributed by atoms with Crippen LogP contribution >= 0.6 is 11.3 Å². The molecule has 0 aliphatic heterocycles. The zero-order chi connectivity index (χ0) is 23.5. The number of para-hydroxylation sites is 1. The van der Waals surface area contributed by atoms with Crippen LogP contribution in [0, 0.1) is 0 Å². The topological polar surface area (TPSA) is 88.4 Å². The molecule has 2 heterocycles. The van der Waals surface area contributed by atoms with E-state index in [0.717, 1.165) is 18.5 Å². The van der Waals surface area contributed by atoms with E-state index in [1.807, 2.05) is 55.5 Å². The van der Waals surface area contributed by atoms with Gasteiger partial charge in [0.2, 0.25) is 10.1 Å². The molecule has 7 nitrogen and oxygen atoms in total. The molecule has 5 rings (SSSR count). The second kappa shape index (κ2) is 9.44. The molecule has 2 N–H and O–H groups in total. The minimum atomic E-state index is -0.196.